The molecular weight excluding hydrogens is 295 g/mol. The van der Waals surface area contributed by atoms with E-state index in [-0.39, 0.29) is 0 Å². The van der Waals surface area contributed by atoms with Gasteiger partial charge < -0.3 is 9.94 Å². The van der Waals surface area contributed by atoms with Gasteiger partial charge >= 0.3 is 6.18 Å². The minimum absolute atomic E-state index is 0.548. The number of alkyl halides is 3. The van der Waals surface area contributed by atoms with Gasteiger partial charge in [-0.1, -0.05) is 37.2 Å². The first-order chi connectivity index (χ1) is 9.90. The van der Waals surface area contributed by atoms with Gasteiger partial charge in [0.25, 0.3) is 0 Å². The van der Waals surface area contributed by atoms with Gasteiger partial charge in [-0.05, 0) is 42.9 Å². The largest absolute Gasteiger partial charge is 0.417 e. The van der Waals surface area contributed by atoms with Gasteiger partial charge in [0.2, 0.25) is 0 Å². The molecule has 0 amide bonds. The van der Waals surface area contributed by atoms with Crippen LogP contribution in [0.5, 0.6) is 0 Å². The summed E-state index contributed by atoms with van der Waals surface area (Å²) in [7, 11) is 1.42. The van der Waals surface area contributed by atoms with Crippen molar-refractivity contribution in [2.75, 3.05) is 7.11 Å². The van der Waals surface area contributed by atoms with Crippen molar-refractivity contribution in [2.45, 2.75) is 44.4 Å². The zero-order valence-electron chi connectivity index (χ0n) is 13.2. The third-order valence-electron chi connectivity index (χ3n) is 3.55. The van der Waals surface area contributed by atoms with Crippen LogP contribution in [0.4, 0.5) is 13.2 Å². The summed E-state index contributed by atoms with van der Waals surface area (Å²) in [6, 6.07) is 6.98. The van der Waals surface area contributed by atoms with E-state index in [0.717, 1.165) is 5.56 Å². The number of nitrogens with zero attached hydrogens (tertiary/aromatic N) is 1. The fraction of sp³-hybridized carbons (Fsp3) is 0.500. The summed E-state index contributed by atoms with van der Waals surface area (Å²) in [5.74, 6) is 0. The summed E-state index contributed by atoms with van der Waals surface area (Å²) in [4.78, 5) is 4.70. The Morgan fingerprint density at radius 3 is 2.41 bits per heavy atom. The minimum Gasteiger partial charge on any atom is -0.399 e. The highest BCUT2D eigenvalue weighted by Gasteiger charge is 2.52. The Bertz CT molecular complexity index is 549. The molecule has 0 fully saturated rings. The molecule has 1 aromatic rings. The number of aliphatic hydroxyl groups is 1. The predicted octanol–water partition coefficient (Wildman–Crippen LogP) is 3.85. The fourth-order valence-corrected chi connectivity index (χ4v) is 2.29. The third-order valence-corrected chi connectivity index (χ3v) is 3.55. The van der Waals surface area contributed by atoms with E-state index in [1.165, 1.54) is 7.11 Å². The Hall–Kier alpha value is -1.56. The summed E-state index contributed by atoms with van der Waals surface area (Å²) in [6.07, 6.45) is -5.33. The predicted molar refractivity (Wildman–Crippen MR) is 79.7 cm³/mol. The molecule has 123 valence electrons. The molecule has 22 heavy (non-hydrogen) atoms. The quantitative estimate of drug-likeness (QED) is 0.662. The number of hydrogen-bond acceptors (Lipinski definition) is 3. The molecule has 0 saturated carbocycles. The second-order valence-corrected chi connectivity index (χ2v) is 6.03. The van der Waals surface area contributed by atoms with E-state index in [1.807, 2.05) is 0 Å². The number of hydrogen-bond donors (Lipinski definition) is 1. The molecule has 0 bridgehead atoms. The van der Waals surface area contributed by atoms with Gasteiger partial charge in [-0.3, -0.25) is 0 Å². The molecular formula is C16H21F3NO2. The van der Waals surface area contributed by atoms with E-state index >= 15 is 0 Å². The smallest absolute Gasteiger partial charge is 0.399 e. The molecule has 1 radical (unpaired) electrons. The van der Waals surface area contributed by atoms with Crippen LogP contribution in [0.15, 0.2) is 29.4 Å². The molecule has 1 unspecified atom stereocenters. The van der Waals surface area contributed by atoms with E-state index in [9.17, 15) is 18.3 Å². The van der Waals surface area contributed by atoms with Crippen molar-refractivity contribution in [3.05, 3.63) is 42.3 Å². The minimum atomic E-state index is -4.78. The second-order valence-electron chi connectivity index (χ2n) is 6.03. The van der Waals surface area contributed by atoms with Crippen LogP contribution in [-0.4, -0.2) is 29.7 Å². The first-order valence-electron chi connectivity index (χ1n) is 6.74. The van der Waals surface area contributed by atoms with Crippen LogP contribution in [-0.2, 0) is 10.3 Å². The van der Waals surface area contributed by atoms with Crippen molar-refractivity contribution < 1.29 is 23.1 Å². The molecule has 1 aromatic carbocycles. The molecule has 0 aliphatic rings. The Balaban J connectivity index is 3.14. The van der Waals surface area contributed by atoms with Crippen LogP contribution in [0.25, 0.3) is 0 Å². The van der Waals surface area contributed by atoms with Crippen molar-refractivity contribution in [1.82, 2.24) is 0 Å². The van der Waals surface area contributed by atoms with Crippen LogP contribution in [0.1, 0.15) is 38.3 Å². The lowest BCUT2D eigenvalue weighted by Crippen LogP contribution is -2.46. The fourth-order valence-electron chi connectivity index (χ4n) is 2.29. The maximum Gasteiger partial charge on any atom is 0.417 e. The summed E-state index contributed by atoms with van der Waals surface area (Å²) in [5.41, 5.74) is -1.91. The second kappa shape index (κ2) is 6.28. The Kier molecular flexibility index (Phi) is 5.28. The lowest BCUT2D eigenvalue weighted by molar-refractivity contribution is -0.247. The maximum absolute atomic E-state index is 12.8. The van der Waals surface area contributed by atoms with Crippen LogP contribution in [0.3, 0.4) is 0 Å². The lowest BCUT2D eigenvalue weighted by atomic mass is 9.75. The highest BCUT2D eigenvalue weighted by molar-refractivity contribution is 5.98. The Morgan fingerprint density at radius 1 is 1.32 bits per heavy atom. The number of oxime groups is 1. The molecule has 6 heteroatoms. The molecule has 0 heterocycles. The van der Waals surface area contributed by atoms with E-state index < -0.39 is 23.6 Å². The molecule has 1 rings (SSSR count). The van der Waals surface area contributed by atoms with Gasteiger partial charge in [-0.15, -0.1) is 0 Å². The molecule has 0 saturated heterocycles. The van der Waals surface area contributed by atoms with Crippen LogP contribution in [0, 0.1) is 6.92 Å². The number of rotatable bonds is 5. The monoisotopic (exact) mass is 316 g/mol. The molecule has 0 aliphatic heterocycles. The summed E-state index contributed by atoms with van der Waals surface area (Å²) >= 11 is 0. The van der Waals surface area contributed by atoms with Gasteiger partial charge in [0.1, 0.15) is 7.11 Å². The summed E-state index contributed by atoms with van der Waals surface area (Å²) in [6.45, 7) is 7.94. The topological polar surface area (TPSA) is 41.8 Å². The van der Waals surface area contributed by atoms with E-state index in [2.05, 4.69) is 12.1 Å². The molecule has 0 spiro atoms. The van der Waals surface area contributed by atoms with Crippen molar-refractivity contribution in [3.63, 3.8) is 0 Å². The lowest BCUT2D eigenvalue weighted by Gasteiger charge is -2.35. The summed E-state index contributed by atoms with van der Waals surface area (Å²) < 4.78 is 38.5. The van der Waals surface area contributed by atoms with Crippen LogP contribution >= 0.6 is 0 Å². The first-order valence-corrected chi connectivity index (χ1v) is 6.74. The molecule has 3 nitrogen and oxygen atoms in total. The average molecular weight is 316 g/mol. The highest BCUT2D eigenvalue weighted by atomic mass is 19.4. The van der Waals surface area contributed by atoms with E-state index in [1.54, 1.807) is 45.0 Å². The summed E-state index contributed by atoms with van der Waals surface area (Å²) in [5, 5.41) is 13.4. The highest BCUT2D eigenvalue weighted by Crippen LogP contribution is 2.40. The molecule has 0 aliphatic carbocycles. The van der Waals surface area contributed by atoms with Crippen LogP contribution in [0.2, 0.25) is 0 Å². The van der Waals surface area contributed by atoms with Gasteiger partial charge in [-0.25, -0.2) is 0 Å². The van der Waals surface area contributed by atoms with E-state index in [4.69, 9.17) is 4.84 Å². The Labute approximate surface area is 128 Å². The van der Waals surface area contributed by atoms with Crippen LogP contribution < -0.4 is 0 Å². The molecule has 0 aromatic heterocycles. The third kappa shape index (κ3) is 4.22. The van der Waals surface area contributed by atoms with Gasteiger partial charge in [-0.2, -0.15) is 13.2 Å². The van der Waals surface area contributed by atoms with Gasteiger partial charge in [0, 0.05) is 0 Å². The number of halogens is 3. The zero-order valence-corrected chi connectivity index (χ0v) is 13.2. The number of benzene rings is 1. The Morgan fingerprint density at radius 2 is 1.91 bits per heavy atom. The van der Waals surface area contributed by atoms with E-state index in [0.29, 0.717) is 11.3 Å². The first kappa shape index (κ1) is 18.5. The van der Waals surface area contributed by atoms with Crippen molar-refractivity contribution >= 4 is 5.71 Å². The van der Waals surface area contributed by atoms with Crippen molar-refractivity contribution in [1.29, 1.82) is 0 Å². The SMILES string of the molecule is [CH2]C(O)(CC(C)(C)c1cccc(C(C)=NOC)c1)C(F)(F)F. The molecule has 1 N–H and O–H groups in total. The average Bonchev–Trinajstić information content (AvgIpc) is 2.36. The standard InChI is InChI=1S/C16H21F3NO2/c1-11(20-22-5)12-7-6-8-13(9-12)14(2,3)10-15(4,21)16(17,18)19/h6-9,21H,4,10H2,1-3,5H3. The van der Waals surface area contributed by atoms with Crippen molar-refractivity contribution in [2.24, 2.45) is 5.16 Å². The van der Waals surface area contributed by atoms with Gasteiger partial charge in [0.05, 0.1) is 5.71 Å². The normalized spacial score (nSPS) is 16.3. The van der Waals surface area contributed by atoms with Gasteiger partial charge in [0.15, 0.2) is 5.60 Å². The zero-order chi connectivity index (χ0) is 17.2. The molecule has 1 atom stereocenters. The van der Waals surface area contributed by atoms with Crippen molar-refractivity contribution in [3.8, 4) is 0 Å². The maximum atomic E-state index is 12.8.